The van der Waals surface area contributed by atoms with Gasteiger partial charge in [-0.1, -0.05) is 0 Å². The van der Waals surface area contributed by atoms with E-state index in [2.05, 4.69) is 5.32 Å². The van der Waals surface area contributed by atoms with E-state index in [-0.39, 0.29) is 23.7 Å². The molecule has 6 heteroatoms. The van der Waals surface area contributed by atoms with Gasteiger partial charge in [0.2, 0.25) is 11.8 Å². The van der Waals surface area contributed by atoms with Crippen LogP contribution in [0.25, 0.3) is 0 Å². The molecule has 1 aliphatic rings. The first-order valence-electron chi connectivity index (χ1n) is 7.03. The second-order valence-electron chi connectivity index (χ2n) is 5.21. The van der Waals surface area contributed by atoms with Crippen molar-refractivity contribution in [3.8, 4) is 0 Å². The molecule has 1 aliphatic heterocycles. The van der Waals surface area contributed by atoms with Crippen LogP contribution < -0.4 is 5.32 Å². The first-order chi connectivity index (χ1) is 9.97. The summed E-state index contributed by atoms with van der Waals surface area (Å²) in [5.41, 5.74) is 0.579. The first kappa shape index (κ1) is 15.4. The van der Waals surface area contributed by atoms with E-state index < -0.39 is 0 Å². The molecule has 1 atom stereocenters. The van der Waals surface area contributed by atoms with Crippen molar-refractivity contribution < 1.29 is 14.0 Å². The summed E-state index contributed by atoms with van der Waals surface area (Å²) in [6, 6.07) is 5.41. The minimum Gasteiger partial charge on any atom is -0.340 e. The molecule has 0 aliphatic carbocycles. The Balaban J connectivity index is 1.88. The number of nitrogens with one attached hydrogen (secondary N) is 1. The predicted octanol–water partition coefficient (Wildman–Crippen LogP) is 1.32. The summed E-state index contributed by atoms with van der Waals surface area (Å²) in [5, 5.41) is 2.77. The fraction of sp³-hybridized carbons (Fsp3) is 0.467. The molecule has 0 radical (unpaired) electrons. The van der Waals surface area contributed by atoms with Crippen molar-refractivity contribution in [1.82, 2.24) is 9.80 Å². The van der Waals surface area contributed by atoms with E-state index >= 15 is 0 Å². The summed E-state index contributed by atoms with van der Waals surface area (Å²) < 4.78 is 12.8. The number of hydrogen-bond donors (Lipinski definition) is 1. The molecular weight excluding hydrogens is 273 g/mol. The third-order valence-corrected chi connectivity index (χ3v) is 3.80. The first-order valence-corrected chi connectivity index (χ1v) is 7.03. The van der Waals surface area contributed by atoms with Crippen LogP contribution in [0.2, 0.25) is 0 Å². The van der Waals surface area contributed by atoms with Crippen molar-refractivity contribution >= 4 is 17.5 Å². The number of halogens is 1. The Morgan fingerprint density at radius 3 is 2.24 bits per heavy atom. The summed E-state index contributed by atoms with van der Waals surface area (Å²) in [6.07, 6.45) is 0. The second-order valence-corrected chi connectivity index (χ2v) is 5.21. The van der Waals surface area contributed by atoms with Crippen molar-refractivity contribution in [3.63, 3.8) is 0 Å². The molecule has 5 nitrogen and oxygen atoms in total. The molecular formula is C15H20FN3O2. The zero-order valence-electron chi connectivity index (χ0n) is 12.3. The summed E-state index contributed by atoms with van der Waals surface area (Å²) >= 11 is 0. The van der Waals surface area contributed by atoms with Crippen LogP contribution in [0.4, 0.5) is 10.1 Å². The molecule has 1 aromatic carbocycles. The smallest absolute Gasteiger partial charge is 0.241 e. The highest BCUT2D eigenvalue weighted by atomic mass is 19.1. The van der Waals surface area contributed by atoms with E-state index in [0.29, 0.717) is 31.9 Å². The van der Waals surface area contributed by atoms with E-state index in [1.165, 1.54) is 24.3 Å². The molecule has 0 spiro atoms. The lowest BCUT2D eigenvalue weighted by Crippen LogP contribution is -2.53. The van der Waals surface area contributed by atoms with E-state index in [1.54, 1.807) is 11.8 Å². The van der Waals surface area contributed by atoms with E-state index in [1.807, 2.05) is 11.8 Å². The topological polar surface area (TPSA) is 52.7 Å². The molecule has 0 unspecified atom stereocenters. The lowest BCUT2D eigenvalue weighted by molar-refractivity contribution is -0.131. The van der Waals surface area contributed by atoms with Crippen molar-refractivity contribution in [2.24, 2.45) is 0 Å². The number of benzene rings is 1. The molecule has 0 bridgehead atoms. The minimum atomic E-state index is -0.332. The number of rotatable bonds is 3. The van der Waals surface area contributed by atoms with Crippen molar-refractivity contribution in [2.45, 2.75) is 19.9 Å². The van der Waals surface area contributed by atoms with Gasteiger partial charge in [0.1, 0.15) is 5.82 Å². The molecule has 114 valence electrons. The van der Waals surface area contributed by atoms with Gasteiger partial charge >= 0.3 is 0 Å². The highest BCUT2D eigenvalue weighted by molar-refractivity contribution is 5.94. The van der Waals surface area contributed by atoms with Crippen molar-refractivity contribution in [2.75, 3.05) is 31.5 Å². The Labute approximate surface area is 123 Å². The van der Waals surface area contributed by atoms with Gasteiger partial charge in [0.05, 0.1) is 6.04 Å². The number of carbonyl (C=O) groups excluding carboxylic acids is 2. The average Bonchev–Trinajstić information content (AvgIpc) is 2.49. The quantitative estimate of drug-likeness (QED) is 0.914. The molecule has 1 saturated heterocycles. The SMILES string of the molecule is CC(=O)N1CCN([C@@H](C)C(=O)Nc2ccc(F)cc2)CC1. The molecule has 1 heterocycles. The van der Waals surface area contributed by atoms with Gasteiger partial charge in [-0.2, -0.15) is 0 Å². The molecule has 0 saturated carbocycles. The number of amides is 2. The van der Waals surface area contributed by atoms with Crippen LogP contribution in [-0.2, 0) is 9.59 Å². The third kappa shape index (κ3) is 4.01. The standard InChI is InChI=1S/C15H20FN3O2/c1-11(18-7-9-19(10-8-18)12(2)20)15(21)17-14-5-3-13(16)4-6-14/h3-6,11H,7-10H2,1-2H3,(H,17,21)/t11-/m0/s1. The Hall–Kier alpha value is -1.95. The number of anilines is 1. The Morgan fingerprint density at radius 1 is 1.14 bits per heavy atom. The Morgan fingerprint density at radius 2 is 1.71 bits per heavy atom. The normalized spacial score (nSPS) is 17.4. The van der Waals surface area contributed by atoms with Gasteiger partial charge in [0.15, 0.2) is 0 Å². The third-order valence-electron chi connectivity index (χ3n) is 3.80. The number of piperazine rings is 1. The van der Waals surface area contributed by atoms with Gasteiger partial charge in [0.25, 0.3) is 0 Å². The average molecular weight is 293 g/mol. The van der Waals surface area contributed by atoms with Crippen LogP contribution >= 0.6 is 0 Å². The van der Waals surface area contributed by atoms with Crippen LogP contribution in [-0.4, -0.2) is 53.8 Å². The molecule has 1 aromatic rings. The highest BCUT2D eigenvalue weighted by Crippen LogP contribution is 2.12. The molecule has 0 aromatic heterocycles. The summed E-state index contributed by atoms with van der Waals surface area (Å²) in [6.45, 7) is 6.03. The molecule has 2 rings (SSSR count). The summed E-state index contributed by atoms with van der Waals surface area (Å²) in [7, 11) is 0. The van der Waals surface area contributed by atoms with Gasteiger partial charge in [-0.25, -0.2) is 4.39 Å². The van der Waals surface area contributed by atoms with Gasteiger partial charge < -0.3 is 10.2 Å². The van der Waals surface area contributed by atoms with Crippen LogP contribution in [0.3, 0.4) is 0 Å². The summed E-state index contributed by atoms with van der Waals surface area (Å²) in [4.78, 5) is 27.3. The molecule has 1 N–H and O–H groups in total. The highest BCUT2D eigenvalue weighted by Gasteiger charge is 2.26. The van der Waals surface area contributed by atoms with Gasteiger partial charge in [-0.05, 0) is 31.2 Å². The predicted molar refractivity (Wildman–Crippen MR) is 78.3 cm³/mol. The maximum absolute atomic E-state index is 12.8. The van der Waals surface area contributed by atoms with Gasteiger partial charge in [-0.15, -0.1) is 0 Å². The van der Waals surface area contributed by atoms with Crippen molar-refractivity contribution in [1.29, 1.82) is 0 Å². The fourth-order valence-corrected chi connectivity index (χ4v) is 2.37. The lowest BCUT2D eigenvalue weighted by atomic mass is 10.2. The van der Waals surface area contributed by atoms with E-state index in [9.17, 15) is 14.0 Å². The van der Waals surface area contributed by atoms with Crippen molar-refractivity contribution in [3.05, 3.63) is 30.1 Å². The lowest BCUT2D eigenvalue weighted by Gasteiger charge is -2.37. The number of carbonyl (C=O) groups is 2. The maximum Gasteiger partial charge on any atom is 0.241 e. The summed E-state index contributed by atoms with van der Waals surface area (Å²) in [5.74, 6) is -0.391. The molecule has 21 heavy (non-hydrogen) atoms. The monoisotopic (exact) mass is 293 g/mol. The second kappa shape index (κ2) is 6.67. The minimum absolute atomic E-state index is 0.0677. The number of nitrogens with zero attached hydrogens (tertiary/aromatic N) is 2. The van der Waals surface area contributed by atoms with Crippen LogP contribution in [0, 0.1) is 5.82 Å². The van der Waals surface area contributed by atoms with Gasteiger partial charge in [-0.3, -0.25) is 14.5 Å². The van der Waals surface area contributed by atoms with E-state index in [4.69, 9.17) is 0 Å². The number of hydrogen-bond acceptors (Lipinski definition) is 3. The molecule has 2 amide bonds. The zero-order valence-corrected chi connectivity index (χ0v) is 12.3. The van der Waals surface area contributed by atoms with Crippen LogP contribution in [0.15, 0.2) is 24.3 Å². The zero-order chi connectivity index (χ0) is 15.4. The molecule has 1 fully saturated rings. The Bertz CT molecular complexity index is 510. The van der Waals surface area contributed by atoms with Crippen LogP contribution in [0.5, 0.6) is 0 Å². The maximum atomic E-state index is 12.8. The van der Waals surface area contributed by atoms with Gasteiger partial charge in [0, 0.05) is 38.8 Å². The van der Waals surface area contributed by atoms with E-state index in [0.717, 1.165) is 0 Å². The van der Waals surface area contributed by atoms with Crippen LogP contribution in [0.1, 0.15) is 13.8 Å². The fourth-order valence-electron chi connectivity index (χ4n) is 2.37. The Kier molecular flexibility index (Phi) is 4.90. The largest absolute Gasteiger partial charge is 0.340 e.